The molecule has 15 heavy (non-hydrogen) atoms. The second-order valence-electron chi connectivity index (χ2n) is 5.68. The standard InChI is InChI=1S/C14H27N/c1-2-12-5-3-7-14(11-12)15-10-4-6-13-8-9-13/h12-15H,2-11H2,1H3. The first-order valence-electron chi connectivity index (χ1n) is 7.12. The summed E-state index contributed by atoms with van der Waals surface area (Å²) in [5.74, 6) is 2.13. The number of hydrogen-bond acceptors (Lipinski definition) is 1. The molecule has 0 aromatic carbocycles. The Labute approximate surface area is 95.0 Å². The van der Waals surface area contributed by atoms with Crippen LogP contribution in [0.4, 0.5) is 0 Å². The molecule has 0 heterocycles. The van der Waals surface area contributed by atoms with E-state index in [-0.39, 0.29) is 0 Å². The molecule has 1 heteroatoms. The molecular weight excluding hydrogens is 182 g/mol. The molecule has 2 unspecified atom stereocenters. The van der Waals surface area contributed by atoms with Crippen molar-refractivity contribution in [3.8, 4) is 0 Å². The smallest absolute Gasteiger partial charge is 0.00697 e. The van der Waals surface area contributed by atoms with Crippen molar-refractivity contribution in [3.05, 3.63) is 0 Å². The Morgan fingerprint density at radius 3 is 2.67 bits per heavy atom. The number of hydrogen-bond donors (Lipinski definition) is 1. The molecule has 2 rings (SSSR count). The van der Waals surface area contributed by atoms with Gasteiger partial charge in [0, 0.05) is 6.04 Å². The molecule has 0 saturated heterocycles. The van der Waals surface area contributed by atoms with Gasteiger partial charge in [-0.25, -0.2) is 0 Å². The molecule has 88 valence electrons. The van der Waals surface area contributed by atoms with Gasteiger partial charge in [-0.3, -0.25) is 0 Å². The summed E-state index contributed by atoms with van der Waals surface area (Å²) in [7, 11) is 0. The van der Waals surface area contributed by atoms with Gasteiger partial charge in [0.1, 0.15) is 0 Å². The number of rotatable bonds is 6. The predicted molar refractivity (Wildman–Crippen MR) is 66.0 cm³/mol. The molecule has 0 spiro atoms. The second kappa shape index (κ2) is 5.89. The highest BCUT2D eigenvalue weighted by Gasteiger charge is 2.22. The van der Waals surface area contributed by atoms with E-state index in [0.717, 1.165) is 17.9 Å². The molecule has 2 saturated carbocycles. The average molecular weight is 209 g/mol. The van der Waals surface area contributed by atoms with Crippen LogP contribution in [0.25, 0.3) is 0 Å². The zero-order chi connectivity index (χ0) is 10.5. The van der Waals surface area contributed by atoms with Crippen molar-refractivity contribution in [2.24, 2.45) is 11.8 Å². The minimum Gasteiger partial charge on any atom is -0.314 e. The van der Waals surface area contributed by atoms with Gasteiger partial charge in [0.2, 0.25) is 0 Å². The summed E-state index contributed by atoms with van der Waals surface area (Å²) in [6, 6.07) is 0.850. The molecule has 2 atom stereocenters. The lowest BCUT2D eigenvalue weighted by molar-refractivity contribution is 0.278. The molecule has 0 aliphatic heterocycles. The minimum atomic E-state index is 0.850. The van der Waals surface area contributed by atoms with E-state index in [1.165, 1.54) is 64.3 Å². The van der Waals surface area contributed by atoms with Gasteiger partial charge >= 0.3 is 0 Å². The van der Waals surface area contributed by atoms with Gasteiger partial charge in [0.15, 0.2) is 0 Å². The lowest BCUT2D eigenvalue weighted by Gasteiger charge is -2.29. The first-order chi connectivity index (χ1) is 7.38. The molecule has 1 nitrogen and oxygen atoms in total. The Balaban J connectivity index is 1.52. The van der Waals surface area contributed by atoms with E-state index in [0.29, 0.717) is 0 Å². The van der Waals surface area contributed by atoms with Gasteiger partial charge in [-0.05, 0) is 44.1 Å². The average Bonchev–Trinajstić information content (AvgIpc) is 3.09. The van der Waals surface area contributed by atoms with E-state index < -0.39 is 0 Å². The van der Waals surface area contributed by atoms with E-state index in [9.17, 15) is 0 Å². The van der Waals surface area contributed by atoms with E-state index >= 15 is 0 Å². The van der Waals surface area contributed by atoms with Gasteiger partial charge in [0.05, 0.1) is 0 Å². The molecule has 2 aliphatic rings. The first kappa shape index (κ1) is 11.4. The maximum atomic E-state index is 3.77. The summed E-state index contributed by atoms with van der Waals surface area (Å²) in [5.41, 5.74) is 0. The van der Waals surface area contributed by atoms with Crippen LogP contribution in [0.5, 0.6) is 0 Å². The molecule has 0 radical (unpaired) electrons. The fraction of sp³-hybridized carbons (Fsp3) is 1.00. The largest absolute Gasteiger partial charge is 0.314 e. The van der Waals surface area contributed by atoms with Gasteiger partial charge in [-0.2, -0.15) is 0 Å². The van der Waals surface area contributed by atoms with Crippen molar-refractivity contribution in [2.75, 3.05) is 6.54 Å². The summed E-state index contributed by atoms with van der Waals surface area (Å²) in [6.07, 6.45) is 13.1. The Hall–Kier alpha value is -0.0400. The van der Waals surface area contributed by atoms with E-state index in [2.05, 4.69) is 12.2 Å². The van der Waals surface area contributed by atoms with E-state index in [1.54, 1.807) is 0 Å². The molecule has 0 aromatic rings. The quantitative estimate of drug-likeness (QED) is 0.657. The van der Waals surface area contributed by atoms with Gasteiger partial charge in [0.25, 0.3) is 0 Å². The van der Waals surface area contributed by atoms with Crippen molar-refractivity contribution in [3.63, 3.8) is 0 Å². The van der Waals surface area contributed by atoms with Gasteiger partial charge in [-0.1, -0.05) is 39.0 Å². The maximum Gasteiger partial charge on any atom is 0.00697 e. The molecule has 2 aliphatic carbocycles. The SMILES string of the molecule is CCC1CCCC(NCCCC2CC2)C1. The van der Waals surface area contributed by atoms with E-state index in [4.69, 9.17) is 0 Å². The third-order valence-electron chi connectivity index (χ3n) is 4.28. The molecule has 0 amide bonds. The van der Waals surface area contributed by atoms with Crippen LogP contribution in [-0.4, -0.2) is 12.6 Å². The summed E-state index contributed by atoms with van der Waals surface area (Å²) in [6.45, 7) is 3.62. The molecule has 0 aromatic heterocycles. The third kappa shape index (κ3) is 4.14. The van der Waals surface area contributed by atoms with Crippen LogP contribution in [0.1, 0.15) is 64.7 Å². The predicted octanol–water partition coefficient (Wildman–Crippen LogP) is 3.74. The summed E-state index contributed by atoms with van der Waals surface area (Å²) in [5, 5.41) is 3.77. The van der Waals surface area contributed by atoms with Crippen molar-refractivity contribution in [2.45, 2.75) is 70.8 Å². The van der Waals surface area contributed by atoms with Gasteiger partial charge < -0.3 is 5.32 Å². The summed E-state index contributed by atoms with van der Waals surface area (Å²) >= 11 is 0. The van der Waals surface area contributed by atoms with Crippen LogP contribution >= 0.6 is 0 Å². The Kier molecular flexibility index (Phi) is 4.49. The zero-order valence-corrected chi connectivity index (χ0v) is 10.3. The highest BCUT2D eigenvalue weighted by Crippen LogP contribution is 2.33. The van der Waals surface area contributed by atoms with Crippen LogP contribution in [0, 0.1) is 11.8 Å². The first-order valence-corrected chi connectivity index (χ1v) is 7.12. The van der Waals surface area contributed by atoms with Crippen LogP contribution in [0.3, 0.4) is 0 Å². The van der Waals surface area contributed by atoms with Crippen LogP contribution in [0.2, 0.25) is 0 Å². The Bertz CT molecular complexity index is 174. The fourth-order valence-corrected chi connectivity index (χ4v) is 2.95. The lowest BCUT2D eigenvalue weighted by atomic mass is 9.84. The van der Waals surface area contributed by atoms with E-state index in [1.807, 2.05) is 0 Å². The summed E-state index contributed by atoms with van der Waals surface area (Å²) in [4.78, 5) is 0. The number of nitrogens with one attached hydrogen (secondary N) is 1. The highest BCUT2D eigenvalue weighted by molar-refractivity contribution is 4.78. The lowest BCUT2D eigenvalue weighted by Crippen LogP contribution is -2.34. The zero-order valence-electron chi connectivity index (χ0n) is 10.3. The van der Waals surface area contributed by atoms with Crippen LogP contribution < -0.4 is 5.32 Å². The fourth-order valence-electron chi connectivity index (χ4n) is 2.95. The highest BCUT2D eigenvalue weighted by atomic mass is 14.9. The Morgan fingerprint density at radius 1 is 1.07 bits per heavy atom. The monoisotopic (exact) mass is 209 g/mol. The van der Waals surface area contributed by atoms with Crippen molar-refractivity contribution < 1.29 is 0 Å². The molecule has 0 bridgehead atoms. The van der Waals surface area contributed by atoms with Crippen LogP contribution in [-0.2, 0) is 0 Å². The summed E-state index contributed by atoms with van der Waals surface area (Å²) < 4.78 is 0. The molecular formula is C14H27N. The topological polar surface area (TPSA) is 12.0 Å². The van der Waals surface area contributed by atoms with Crippen molar-refractivity contribution in [1.82, 2.24) is 5.32 Å². The Morgan fingerprint density at radius 2 is 1.93 bits per heavy atom. The maximum absolute atomic E-state index is 3.77. The van der Waals surface area contributed by atoms with Gasteiger partial charge in [-0.15, -0.1) is 0 Å². The van der Waals surface area contributed by atoms with Crippen molar-refractivity contribution in [1.29, 1.82) is 0 Å². The second-order valence-corrected chi connectivity index (χ2v) is 5.68. The van der Waals surface area contributed by atoms with Crippen molar-refractivity contribution >= 4 is 0 Å². The minimum absolute atomic E-state index is 0.850. The van der Waals surface area contributed by atoms with Crippen LogP contribution in [0.15, 0.2) is 0 Å². The third-order valence-corrected chi connectivity index (χ3v) is 4.28. The molecule has 2 fully saturated rings. The molecule has 1 N–H and O–H groups in total. The normalized spacial score (nSPS) is 31.8.